The Morgan fingerprint density at radius 3 is 2.41 bits per heavy atom. The Bertz CT molecular complexity index is 888. The van der Waals surface area contributed by atoms with Crippen molar-refractivity contribution in [2.24, 2.45) is 0 Å². The van der Waals surface area contributed by atoms with Gasteiger partial charge in [-0.15, -0.1) is 0 Å². The number of phenolic OH excluding ortho intramolecular Hbond substituents is 1. The second-order valence-corrected chi connectivity index (χ2v) is 6.09. The number of pyridine rings is 1. The van der Waals surface area contributed by atoms with E-state index in [0.717, 1.165) is 12.7 Å². The summed E-state index contributed by atoms with van der Waals surface area (Å²) in [7, 11) is 1.16. The number of rotatable bonds is 6. The quantitative estimate of drug-likeness (QED) is 0.615. The van der Waals surface area contributed by atoms with E-state index in [2.05, 4.69) is 9.72 Å². The predicted molar refractivity (Wildman–Crippen MR) is 97.2 cm³/mol. The lowest BCUT2D eigenvalue weighted by molar-refractivity contribution is 0.0501. The van der Waals surface area contributed by atoms with Gasteiger partial charge >= 0.3 is 11.9 Å². The van der Waals surface area contributed by atoms with Crippen LogP contribution in [0.25, 0.3) is 0 Å². The molecule has 0 saturated carbocycles. The normalized spacial score (nSPS) is 10.6. The van der Waals surface area contributed by atoms with Gasteiger partial charge in [-0.1, -0.05) is 19.9 Å². The zero-order valence-corrected chi connectivity index (χ0v) is 15.6. The molecule has 0 bridgehead atoms. The van der Waals surface area contributed by atoms with Crippen LogP contribution in [0.5, 0.6) is 5.75 Å². The first-order chi connectivity index (χ1) is 12.8. The van der Waals surface area contributed by atoms with Crippen LogP contribution < -0.4 is 0 Å². The molecule has 2 aromatic rings. The molecule has 7 heteroatoms. The summed E-state index contributed by atoms with van der Waals surface area (Å²) in [5.41, 5.74) is 0.591. The Labute approximate surface area is 156 Å². The summed E-state index contributed by atoms with van der Waals surface area (Å²) in [5.74, 6) is -2.16. The van der Waals surface area contributed by atoms with Gasteiger partial charge in [-0.25, -0.2) is 14.6 Å². The summed E-state index contributed by atoms with van der Waals surface area (Å²) in [5, 5.41) is 10.1. The first kappa shape index (κ1) is 20.1. The van der Waals surface area contributed by atoms with Crippen molar-refractivity contribution < 1.29 is 29.0 Å². The molecule has 0 atom stereocenters. The molecule has 0 saturated heterocycles. The molecule has 1 N–H and O–H groups in total. The highest BCUT2D eigenvalue weighted by Gasteiger charge is 2.24. The maximum absolute atomic E-state index is 12.9. The van der Waals surface area contributed by atoms with Gasteiger partial charge in [0.15, 0.2) is 11.5 Å². The minimum absolute atomic E-state index is 0.0434. The molecule has 1 aromatic heterocycles. The third-order valence-corrected chi connectivity index (χ3v) is 3.96. The maximum Gasteiger partial charge on any atom is 0.357 e. The third-order valence-electron chi connectivity index (χ3n) is 3.96. The van der Waals surface area contributed by atoms with Gasteiger partial charge in [0.05, 0.1) is 24.8 Å². The van der Waals surface area contributed by atoms with Crippen molar-refractivity contribution in [1.82, 2.24) is 4.98 Å². The Hall–Kier alpha value is -3.22. The average molecular weight is 371 g/mol. The summed E-state index contributed by atoms with van der Waals surface area (Å²) in [6, 6.07) is 6.01. The van der Waals surface area contributed by atoms with E-state index in [1.54, 1.807) is 19.1 Å². The van der Waals surface area contributed by atoms with E-state index in [9.17, 15) is 19.5 Å². The van der Waals surface area contributed by atoms with E-state index in [-0.39, 0.29) is 40.7 Å². The van der Waals surface area contributed by atoms with Crippen LogP contribution in [0.3, 0.4) is 0 Å². The standard InChI is InChI=1S/C20H21NO6/c1-5-27-19(24)15-9-13(10-21-17(15)20(25)26-4)18(23)14-8-12(11(2)3)6-7-16(14)22/h6-11,22H,5H2,1-4H3. The van der Waals surface area contributed by atoms with Crippen molar-refractivity contribution >= 4 is 17.7 Å². The Morgan fingerprint density at radius 1 is 1.11 bits per heavy atom. The van der Waals surface area contributed by atoms with Gasteiger partial charge in [-0.2, -0.15) is 0 Å². The molecule has 0 unspecified atom stereocenters. The molecule has 27 heavy (non-hydrogen) atoms. The number of esters is 2. The number of carbonyl (C=O) groups is 3. The maximum atomic E-state index is 12.9. The number of hydrogen-bond donors (Lipinski definition) is 1. The molecule has 1 heterocycles. The predicted octanol–water partition coefficient (Wildman–Crippen LogP) is 3.10. The fourth-order valence-corrected chi connectivity index (χ4v) is 2.46. The topological polar surface area (TPSA) is 103 Å². The summed E-state index contributed by atoms with van der Waals surface area (Å²) in [4.78, 5) is 40.8. The molecule has 7 nitrogen and oxygen atoms in total. The lowest BCUT2D eigenvalue weighted by Gasteiger charge is -2.11. The number of nitrogens with zero attached hydrogens (tertiary/aromatic N) is 1. The fourth-order valence-electron chi connectivity index (χ4n) is 2.46. The van der Waals surface area contributed by atoms with Crippen molar-refractivity contribution in [1.29, 1.82) is 0 Å². The highest BCUT2D eigenvalue weighted by Crippen LogP contribution is 2.26. The molecule has 0 spiro atoms. The first-order valence-electron chi connectivity index (χ1n) is 8.43. The molecule has 0 fully saturated rings. The SMILES string of the molecule is CCOC(=O)c1cc(C(=O)c2cc(C(C)C)ccc2O)cnc1C(=O)OC. The number of aromatic hydroxyl groups is 1. The fraction of sp³-hybridized carbons (Fsp3) is 0.300. The Balaban J connectivity index is 2.54. The zero-order chi connectivity index (χ0) is 20.1. The second kappa shape index (κ2) is 8.44. The highest BCUT2D eigenvalue weighted by molar-refractivity contribution is 6.12. The largest absolute Gasteiger partial charge is 0.507 e. The van der Waals surface area contributed by atoms with E-state index in [1.165, 1.54) is 18.3 Å². The van der Waals surface area contributed by atoms with Gasteiger partial charge in [0.25, 0.3) is 0 Å². The summed E-state index contributed by atoms with van der Waals surface area (Å²) in [6.07, 6.45) is 1.17. The highest BCUT2D eigenvalue weighted by atomic mass is 16.5. The van der Waals surface area contributed by atoms with E-state index in [4.69, 9.17) is 4.74 Å². The molecule has 0 aliphatic rings. The van der Waals surface area contributed by atoms with Gasteiger partial charge in [-0.3, -0.25) is 4.79 Å². The van der Waals surface area contributed by atoms with Crippen molar-refractivity contribution in [3.63, 3.8) is 0 Å². The number of ether oxygens (including phenoxy) is 2. The Kier molecular flexibility index (Phi) is 6.28. The smallest absolute Gasteiger partial charge is 0.357 e. The van der Waals surface area contributed by atoms with E-state index < -0.39 is 17.7 Å². The van der Waals surface area contributed by atoms with Crippen molar-refractivity contribution in [3.05, 3.63) is 58.4 Å². The molecule has 1 aromatic carbocycles. The third kappa shape index (κ3) is 4.31. The van der Waals surface area contributed by atoms with Gasteiger partial charge in [0.1, 0.15) is 5.75 Å². The van der Waals surface area contributed by atoms with Crippen molar-refractivity contribution in [3.8, 4) is 5.75 Å². The van der Waals surface area contributed by atoms with Crippen molar-refractivity contribution in [2.75, 3.05) is 13.7 Å². The van der Waals surface area contributed by atoms with Crippen LogP contribution in [0.1, 0.15) is 69.0 Å². The van der Waals surface area contributed by atoms with E-state index in [1.807, 2.05) is 13.8 Å². The zero-order valence-electron chi connectivity index (χ0n) is 15.6. The first-order valence-corrected chi connectivity index (χ1v) is 8.43. The Morgan fingerprint density at radius 2 is 1.81 bits per heavy atom. The molecule has 0 aliphatic heterocycles. The number of benzene rings is 1. The second-order valence-electron chi connectivity index (χ2n) is 6.09. The van der Waals surface area contributed by atoms with Gasteiger partial charge in [0, 0.05) is 11.8 Å². The number of phenols is 1. The molecular formula is C20H21NO6. The molecule has 142 valence electrons. The average Bonchev–Trinajstić information content (AvgIpc) is 2.66. The number of ketones is 1. The molecule has 2 rings (SSSR count). The van der Waals surface area contributed by atoms with Crippen molar-refractivity contribution in [2.45, 2.75) is 26.7 Å². The van der Waals surface area contributed by atoms with Crippen LogP contribution in [0.2, 0.25) is 0 Å². The van der Waals surface area contributed by atoms with Gasteiger partial charge in [-0.05, 0) is 36.6 Å². The molecule has 0 amide bonds. The van der Waals surface area contributed by atoms with Gasteiger partial charge in [0.2, 0.25) is 0 Å². The number of aromatic nitrogens is 1. The van der Waals surface area contributed by atoms with Crippen LogP contribution in [0.15, 0.2) is 30.5 Å². The van der Waals surface area contributed by atoms with E-state index >= 15 is 0 Å². The summed E-state index contributed by atoms with van der Waals surface area (Å²) in [6.45, 7) is 5.64. The van der Waals surface area contributed by atoms with Crippen LogP contribution in [-0.2, 0) is 9.47 Å². The number of methoxy groups -OCH3 is 1. The minimum atomic E-state index is -0.818. The van der Waals surface area contributed by atoms with Crippen LogP contribution >= 0.6 is 0 Å². The summed E-state index contributed by atoms with van der Waals surface area (Å²) < 4.78 is 9.55. The van der Waals surface area contributed by atoms with Crippen LogP contribution in [-0.4, -0.2) is 41.5 Å². The summed E-state index contributed by atoms with van der Waals surface area (Å²) >= 11 is 0. The molecule has 0 aliphatic carbocycles. The number of carbonyl (C=O) groups excluding carboxylic acids is 3. The van der Waals surface area contributed by atoms with E-state index in [0.29, 0.717) is 0 Å². The minimum Gasteiger partial charge on any atom is -0.507 e. The van der Waals surface area contributed by atoms with Crippen LogP contribution in [0, 0.1) is 0 Å². The molecule has 0 radical (unpaired) electrons. The molecular weight excluding hydrogens is 350 g/mol. The lowest BCUT2D eigenvalue weighted by atomic mass is 9.95. The number of hydrogen-bond acceptors (Lipinski definition) is 7. The lowest BCUT2D eigenvalue weighted by Crippen LogP contribution is -2.17. The van der Waals surface area contributed by atoms with Crippen LogP contribution in [0.4, 0.5) is 0 Å². The van der Waals surface area contributed by atoms with Gasteiger partial charge < -0.3 is 14.6 Å². The monoisotopic (exact) mass is 371 g/mol.